The van der Waals surface area contributed by atoms with Crippen molar-refractivity contribution in [3.8, 4) is 0 Å². The van der Waals surface area contributed by atoms with E-state index in [1.165, 1.54) is 13.4 Å². The minimum absolute atomic E-state index is 0.253. The highest BCUT2D eigenvalue weighted by atomic mass is 16.7. The highest BCUT2D eigenvalue weighted by molar-refractivity contribution is 5.96. The third-order valence-electron chi connectivity index (χ3n) is 5.22. The SMILES string of the molecule is CC=C1C(=O)OC23C=CC4C(C(=O)OC)=COC(OC12C)C43. The molecular weight excluding hydrogens is 288 g/mol. The maximum Gasteiger partial charge on any atom is 0.337 e. The molecule has 2 fully saturated rings. The van der Waals surface area contributed by atoms with Crippen molar-refractivity contribution < 1.29 is 28.5 Å². The van der Waals surface area contributed by atoms with Crippen LogP contribution in [0.2, 0.25) is 0 Å². The van der Waals surface area contributed by atoms with Crippen molar-refractivity contribution in [2.24, 2.45) is 11.8 Å². The summed E-state index contributed by atoms with van der Waals surface area (Å²) in [7, 11) is 1.33. The number of rotatable bonds is 1. The molecule has 4 rings (SSSR count). The van der Waals surface area contributed by atoms with Crippen LogP contribution in [0.3, 0.4) is 0 Å². The van der Waals surface area contributed by atoms with Gasteiger partial charge in [0.1, 0.15) is 5.60 Å². The molecule has 5 atom stereocenters. The first-order valence-corrected chi connectivity index (χ1v) is 7.19. The molecule has 4 aliphatic rings. The standard InChI is InChI=1S/C16H16O6/c1-4-10-13(18)21-16-6-5-8-9(12(17)19-3)7-20-14(11(8)16)22-15(10,16)2/h4-8,11,14H,1-3H3. The van der Waals surface area contributed by atoms with Gasteiger partial charge in [-0.3, -0.25) is 0 Å². The van der Waals surface area contributed by atoms with Gasteiger partial charge in [-0.2, -0.15) is 0 Å². The van der Waals surface area contributed by atoms with E-state index in [0.29, 0.717) is 11.1 Å². The van der Waals surface area contributed by atoms with Crippen LogP contribution in [0.4, 0.5) is 0 Å². The van der Waals surface area contributed by atoms with Gasteiger partial charge in [-0.05, 0) is 19.9 Å². The van der Waals surface area contributed by atoms with Crippen LogP contribution in [0, 0.1) is 11.8 Å². The number of esters is 2. The fourth-order valence-electron chi connectivity index (χ4n) is 4.19. The normalized spacial score (nSPS) is 46.0. The van der Waals surface area contributed by atoms with Crippen LogP contribution in [0.5, 0.6) is 0 Å². The molecule has 22 heavy (non-hydrogen) atoms. The van der Waals surface area contributed by atoms with Crippen LogP contribution in [0.15, 0.2) is 35.6 Å². The zero-order valence-corrected chi connectivity index (χ0v) is 12.5. The zero-order valence-electron chi connectivity index (χ0n) is 12.5. The Morgan fingerprint density at radius 2 is 2.23 bits per heavy atom. The molecule has 0 N–H and O–H groups in total. The number of hydrogen-bond acceptors (Lipinski definition) is 6. The molecule has 1 aliphatic carbocycles. The first-order valence-electron chi connectivity index (χ1n) is 7.19. The van der Waals surface area contributed by atoms with Crippen LogP contribution < -0.4 is 0 Å². The van der Waals surface area contributed by atoms with Crippen molar-refractivity contribution in [3.05, 3.63) is 35.6 Å². The van der Waals surface area contributed by atoms with Crippen LogP contribution in [-0.4, -0.2) is 36.5 Å². The molecule has 6 nitrogen and oxygen atoms in total. The van der Waals surface area contributed by atoms with E-state index < -0.39 is 23.5 Å². The van der Waals surface area contributed by atoms with Gasteiger partial charge in [0.2, 0.25) is 6.29 Å². The highest BCUT2D eigenvalue weighted by Gasteiger charge is 2.76. The molecule has 0 aromatic carbocycles. The number of ether oxygens (including phenoxy) is 4. The Balaban J connectivity index is 1.83. The highest BCUT2D eigenvalue weighted by Crippen LogP contribution is 2.62. The lowest BCUT2D eigenvalue weighted by Crippen LogP contribution is -2.48. The average Bonchev–Trinajstić information content (AvgIpc) is 3.05. The van der Waals surface area contributed by atoms with Gasteiger partial charge in [0.25, 0.3) is 0 Å². The summed E-state index contributed by atoms with van der Waals surface area (Å²) in [6.45, 7) is 3.61. The summed E-state index contributed by atoms with van der Waals surface area (Å²) in [6.07, 6.45) is 6.26. The molecule has 5 unspecified atom stereocenters. The Bertz CT molecular complexity index is 674. The van der Waals surface area contributed by atoms with Crippen molar-refractivity contribution in [1.82, 2.24) is 0 Å². The quantitative estimate of drug-likeness (QED) is 0.412. The van der Waals surface area contributed by atoms with Gasteiger partial charge in [-0.1, -0.05) is 12.2 Å². The molecule has 0 aromatic heterocycles. The van der Waals surface area contributed by atoms with E-state index in [2.05, 4.69) is 0 Å². The lowest BCUT2D eigenvalue weighted by atomic mass is 9.73. The summed E-state index contributed by atoms with van der Waals surface area (Å²) in [5, 5.41) is 0. The molecule has 116 valence electrons. The van der Waals surface area contributed by atoms with Crippen molar-refractivity contribution in [3.63, 3.8) is 0 Å². The van der Waals surface area contributed by atoms with E-state index in [4.69, 9.17) is 18.9 Å². The molecule has 0 bridgehead atoms. The van der Waals surface area contributed by atoms with Crippen LogP contribution in [-0.2, 0) is 28.5 Å². The van der Waals surface area contributed by atoms with Crippen molar-refractivity contribution >= 4 is 11.9 Å². The summed E-state index contributed by atoms with van der Waals surface area (Å²) in [5.41, 5.74) is -0.960. The molecule has 0 amide bonds. The van der Waals surface area contributed by atoms with E-state index in [-0.39, 0.29) is 17.8 Å². The summed E-state index contributed by atoms with van der Waals surface area (Å²) >= 11 is 0. The van der Waals surface area contributed by atoms with Crippen molar-refractivity contribution in [2.45, 2.75) is 31.3 Å². The predicted octanol–water partition coefficient (Wildman–Crippen LogP) is 1.23. The fraction of sp³-hybridized carbons (Fsp3) is 0.500. The number of hydrogen-bond donors (Lipinski definition) is 0. The smallest absolute Gasteiger partial charge is 0.337 e. The van der Waals surface area contributed by atoms with E-state index in [1.54, 1.807) is 13.0 Å². The van der Waals surface area contributed by atoms with Gasteiger partial charge < -0.3 is 18.9 Å². The van der Waals surface area contributed by atoms with Gasteiger partial charge in [0.05, 0.1) is 30.4 Å². The van der Waals surface area contributed by atoms with Crippen molar-refractivity contribution in [2.75, 3.05) is 7.11 Å². The van der Waals surface area contributed by atoms with Gasteiger partial charge in [0.15, 0.2) is 5.60 Å². The molecule has 0 saturated carbocycles. The van der Waals surface area contributed by atoms with Crippen LogP contribution in [0.25, 0.3) is 0 Å². The maximum absolute atomic E-state index is 12.2. The van der Waals surface area contributed by atoms with Gasteiger partial charge in [0, 0.05) is 5.92 Å². The Labute approximate surface area is 127 Å². The Hall–Kier alpha value is -2.08. The summed E-state index contributed by atoms with van der Waals surface area (Å²) < 4.78 is 22.2. The minimum atomic E-state index is -0.936. The van der Waals surface area contributed by atoms with Gasteiger partial charge in [-0.25, -0.2) is 9.59 Å². The number of carbonyl (C=O) groups is 2. The fourth-order valence-corrected chi connectivity index (χ4v) is 4.19. The van der Waals surface area contributed by atoms with E-state index in [9.17, 15) is 9.59 Å². The number of methoxy groups -OCH3 is 1. The third-order valence-corrected chi connectivity index (χ3v) is 5.22. The second kappa shape index (κ2) is 4.01. The Morgan fingerprint density at radius 3 is 2.91 bits per heavy atom. The molecule has 6 heteroatoms. The monoisotopic (exact) mass is 304 g/mol. The third kappa shape index (κ3) is 1.26. The lowest BCUT2D eigenvalue weighted by Gasteiger charge is -2.33. The topological polar surface area (TPSA) is 71.1 Å². The van der Waals surface area contributed by atoms with Gasteiger partial charge in [-0.15, -0.1) is 0 Å². The molecule has 3 aliphatic heterocycles. The van der Waals surface area contributed by atoms with Gasteiger partial charge >= 0.3 is 11.9 Å². The molecule has 2 saturated heterocycles. The first-order chi connectivity index (χ1) is 10.5. The maximum atomic E-state index is 12.2. The molecule has 3 heterocycles. The number of allylic oxidation sites excluding steroid dienone is 2. The second-order valence-corrected chi connectivity index (χ2v) is 6.02. The summed E-state index contributed by atoms with van der Waals surface area (Å²) in [5.74, 6) is -1.38. The molecule has 0 radical (unpaired) electrons. The molecule has 0 aromatic rings. The van der Waals surface area contributed by atoms with E-state index >= 15 is 0 Å². The van der Waals surface area contributed by atoms with E-state index in [0.717, 1.165) is 0 Å². The first kappa shape index (κ1) is 13.6. The van der Waals surface area contributed by atoms with Crippen LogP contribution >= 0.6 is 0 Å². The van der Waals surface area contributed by atoms with Crippen molar-refractivity contribution in [1.29, 1.82) is 0 Å². The summed E-state index contributed by atoms with van der Waals surface area (Å²) in [6, 6.07) is 0. The average molecular weight is 304 g/mol. The molecular formula is C16H16O6. The lowest BCUT2D eigenvalue weighted by molar-refractivity contribution is -0.154. The van der Waals surface area contributed by atoms with Crippen LogP contribution in [0.1, 0.15) is 13.8 Å². The Morgan fingerprint density at radius 1 is 1.45 bits per heavy atom. The zero-order chi connectivity index (χ0) is 15.7. The summed E-state index contributed by atoms with van der Waals surface area (Å²) in [4.78, 5) is 24.1. The second-order valence-electron chi connectivity index (χ2n) is 6.02. The molecule has 1 spiro atoms. The predicted molar refractivity (Wildman–Crippen MR) is 73.2 cm³/mol. The minimum Gasteiger partial charge on any atom is -0.471 e. The Kier molecular flexibility index (Phi) is 2.47. The number of carbonyl (C=O) groups excluding carboxylic acids is 2. The largest absolute Gasteiger partial charge is 0.471 e. The van der Waals surface area contributed by atoms with E-state index in [1.807, 2.05) is 19.1 Å².